The van der Waals surface area contributed by atoms with Gasteiger partial charge in [0.15, 0.2) is 5.16 Å². The molecule has 0 aliphatic heterocycles. The Labute approximate surface area is 120 Å². The zero-order chi connectivity index (χ0) is 13.5. The molecule has 2 aliphatic rings. The molecule has 0 atom stereocenters. The van der Waals surface area contributed by atoms with Crippen LogP contribution < -0.4 is 11.3 Å². The van der Waals surface area contributed by atoms with Crippen LogP contribution in [0.2, 0.25) is 0 Å². The van der Waals surface area contributed by atoms with Crippen LogP contribution >= 0.6 is 11.8 Å². The number of hydrogen-bond donors (Lipinski definition) is 2. The van der Waals surface area contributed by atoms with Crippen molar-refractivity contribution in [3.63, 3.8) is 0 Å². The van der Waals surface area contributed by atoms with Crippen LogP contribution in [-0.2, 0) is 0 Å². The summed E-state index contributed by atoms with van der Waals surface area (Å²) in [6.45, 7) is 0. The summed E-state index contributed by atoms with van der Waals surface area (Å²) in [6.07, 6.45) is 6.62. The lowest BCUT2D eigenvalue weighted by atomic mass is 10.4. The van der Waals surface area contributed by atoms with Crippen LogP contribution in [0.25, 0.3) is 0 Å². The third-order valence-electron chi connectivity index (χ3n) is 3.50. The lowest BCUT2D eigenvalue weighted by molar-refractivity contribution is 0.626. The van der Waals surface area contributed by atoms with E-state index in [9.17, 15) is 0 Å². The van der Waals surface area contributed by atoms with Gasteiger partial charge in [0.25, 0.3) is 0 Å². The minimum Gasteiger partial charge on any atom is -0.302 e. The van der Waals surface area contributed by atoms with E-state index in [0.717, 1.165) is 16.0 Å². The summed E-state index contributed by atoms with van der Waals surface area (Å²) in [5.41, 5.74) is 2.46. The predicted molar refractivity (Wildman–Crippen MR) is 74.2 cm³/mol. The van der Waals surface area contributed by atoms with E-state index in [-0.39, 0.29) is 0 Å². The molecule has 2 aromatic heterocycles. The van der Waals surface area contributed by atoms with Gasteiger partial charge in [0, 0.05) is 18.2 Å². The van der Waals surface area contributed by atoms with Crippen molar-refractivity contribution in [3.8, 4) is 0 Å². The maximum absolute atomic E-state index is 5.33. The molecule has 2 aromatic rings. The van der Waals surface area contributed by atoms with E-state index in [2.05, 4.69) is 30.2 Å². The van der Waals surface area contributed by atoms with Crippen LogP contribution in [0, 0.1) is 0 Å². The Hall–Kier alpha value is -1.67. The first kappa shape index (κ1) is 12.1. The van der Waals surface area contributed by atoms with Gasteiger partial charge in [-0.2, -0.15) is 0 Å². The molecule has 104 valence electrons. The lowest BCUT2D eigenvalue weighted by Gasteiger charge is -2.07. The molecule has 0 bridgehead atoms. The summed E-state index contributed by atoms with van der Waals surface area (Å²) in [5, 5.41) is 10.5. The van der Waals surface area contributed by atoms with Gasteiger partial charge in [0.05, 0.1) is 0 Å². The van der Waals surface area contributed by atoms with Gasteiger partial charge < -0.3 is 4.57 Å². The summed E-state index contributed by atoms with van der Waals surface area (Å²) < 4.78 is 2.31. The number of rotatable bonds is 5. The molecule has 8 heteroatoms. The van der Waals surface area contributed by atoms with Crippen molar-refractivity contribution >= 4 is 17.7 Å². The van der Waals surface area contributed by atoms with Gasteiger partial charge in [0.2, 0.25) is 5.95 Å². The van der Waals surface area contributed by atoms with Crippen LogP contribution in [0.4, 0.5) is 5.95 Å². The van der Waals surface area contributed by atoms with Gasteiger partial charge in [-0.15, -0.1) is 10.2 Å². The molecular weight excluding hydrogens is 274 g/mol. The molecular formula is C12H15N7S. The normalized spacial score (nSPS) is 18.2. The molecule has 0 unspecified atom stereocenters. The molecule has 0 spiro atoms. The maximum atomic E-state index is 5.33. The van der Waals surface area contributed by atoms with Crippen LogP contribution in [0.3, 0.4) is 0 Å². The molecule has 0 aromatic carbocycles. The highest BCUT2D eigenvalue weighted by Gasteiger charge is 2.36. The minimum atomic E-state index is 0.412. The lowest BCUT2D eigenvalue weighted by Crippen LogP contribution is -2.10. The first-order chi connectivity index (χ1) is 9.85. The highest BCUT2D eigenvalue weighted by atomic mass is 32.2. The van der Waals surface area contributed by atoms with E-state index >= 15 is 0 Å². The largest absolute Gasteiger partial charge is 0.302 e. The Morgan fingerprint density at radius 3 is 2.80 bits per heavy atom. The Balaban J connectivity index is 1.64. The maximum Gasteiger partial charge on any atom is 0.238 e. The molecule has 0 amide bonds. The van der Waals surface area contributed by atoms with Crippen molar-refractivity contribution in [1.82, 2.24) is 24.7 Å². The standard InChI is InChI=1S/C12H15N7S/c13-16-11-14-6-5-9(15-11)20-12-18-17-10(7-1-2-7)19(12)8-3-4-8/h5-8H,1-4,13H2,(H,14,15,16). The van der Waals surface area contributed by atoms with Gasteiger partial charge in [-0.25, -0.2) is 15.8 Å². The van der Waals surface area contributed by atoms with Crippen molar-refractivity contribution < 1.29 is 0 Å². The molecule has 2 heterocycles. The highest BCUT2D eigenvalue weighted by molar-refractivity contribution is 7.99. The topological polar surface area (TPSA) is 94.5 Å². The van der Waals surface area contributed by atoms with Crippen LogP contribution in [-0.4, -0.2) is 24.7 Å². The Kier molecular flexibility index (Phi) is 2.85. The van der Waals surface area contributed by atoms with Crippen LogP contribution in [0.5, 0.6) is 0 Å². The fourth-order valence-electron chi connectivity index (χ4n) is 2.22. The van der Waals surface area contributed by atoms with Crippen molar-refractivity contribution in [2.45, 2.75) is 47.8 Å². The number of nitrogen functional groups attached to an aromatic ring is 1. The van der Waals surface area contributed by atoms with E-state index < -0.39 is 0 Å². The van der Waals surface area contributed by atoms with Gasteiger partial charge in [0.1, 0.15) is 10.9 Å². The van der Waals surface area contributed by atoms with E-state index in [1.54, 1.807) is 6.20 Å². The summed E-state index contributed by atoms with van der Waals surface area (Å²) in [7, 11) is 0. The number of anilines is 1. The number of hydrogen-bond acceptors (Lipinski definition) is 7. The Morgan fingerprint density at radius 2 is 2.10 bits per heavy atom. The Morgan fingerprint density at radius 1 is 1.25 bits per heavy atom. The second kappa shape index (κ2) is 4.71. The van der Waals surface area contributed by atoms with Crippen LogP contribution in [0.1, 0.15) is 43.5 Å². The molecule has 2 aliphatic carbocycles. The monoisotopic (exact) mass is 289 g/mol. The van der Waals surface area contributed by atoms with Crippen molar-refractivity contribution in [1.29, 1.82) is 0 Å². The zero-order valence-electron chi connectivity index (χ0n) is 10.9. The van der Waals surface area contributed by atoms with Gasteiger partial charge in [-0.3, -0.25) is 5.43 Å². The molecule has 2 saturated carbocycles. The quantitative estimate of drug-likeness (QED) is 0.491. The molecule has 0 radical (unpaired) electrons. The fourth-order valence-corrected chi connectivity index (χ4v) is 3.09. The van der Waals surface area contributed by atoms with E-state index in [0.29, 0.717) is 17.9 Å². The molecule has 4 rings (SSSR count). The Bertz CT molecular complexity index is 632. The van der Waals surface area contributed by atoms with Crippen molar-refractivity contribution in [2.24, 2.45) is 5.84 Å². The smallest absolute Gasteiger partial charge is 0.238 e. The summed E-state index contributed by atoms with van der Waals surface area (Å²) >= 11 is 1.52. The molecule has 0 saturated heterocycles. The van der Waals surface area contributed by atoms with Gasteiger partial charge in [-0.1, -0.05) is 0 Å². The molecule has 2 fully saturated rings. The van der Waals surface area contributed by atoms with Gasteiger partial charge >= 0.3 is 0 Å². The first-order valence-electron chi connectivity index (χ1n) is 6.77. The number of aromatic nitrogens is 5. The summed E-state index contributed by atoms with van der Waals surface area (Å²) in [4.78, 5) is 8.32. The van der Waals surface area contributed by atoms with E-state index in [1.807, 2.05) is 6.07 Å². The average molecular weight is 289 g/mol. The second-order valence-corrected chi connectivity index (χ2v) is 6.17. The van der Waals surface area contributed by atoms with Gasteiger partial charge in [-0.05, 0) is 43.5 Å². The van der Waals surface area contributed by atoms with E-state index in [1.165, 1.54) is 37.4 Å². The summed E-state index contributed by atoms with van der Waals surface area (Å²) in [5.74, 6) is 7.52. The van der Waals surface area contributed by atoms with Crippen molar-refractivity contribution in [3.05, 3.63) is 18.1 Å². The third kappa shape index (κ3) is 2.25. The minimum absolute atomic E-state index is 0.412. The average Bonchev–Trinajstić information content (AvgIpc) is 3.38. The highest BCUT2D eigenvalue weighted by Crippen LogP contribution is 2.46. The van der Waals surface area contributed by atoms with Crippen molar-refractivity contribution in [2.75, 3.05) is 5.43 Å². The first-order valence-corrected chi connectivity index (χ1v) is 7.59. The SMILES string of the molecule is NNc1nccc(Sc2nnc(C3CC3)n2C2CC2)n1. The number of hydrazine groups is 1. The van der Waals surface area contributed by atoms with Crippen LogP contribution in [0.15, 0.2) is 22.4 Å². The molecule has 20 heavy (non-hydrogen) atoms. The number of nitrogens with zero attached hydrogens (tertiary/aromatic N) is 5. The van der Waals surface area contributed by atoms with E-state index in [4.69, 9.17) is 5.84 Å². The number of nitrogens with two attached hydrogens (primary N) is 1. The third-order valence-corrected chi connectivity index (χ3v) is 4.40. The second-order valence-electron chi connectivity index (χ2n) is 5.18. The molecule has 7 nitrogen and oxygen atoms in total. The zero-order valence-corrected chi connectivity index (χ0v) is 11.7. The fraction of sp³-hybridized carbons (Fsp3) is 0.500. The summed E-state index contributed by atoms with van der Waals surface area (Å²) in [6, 6.07) is 2.44. The number of nitrogens with one attached hydrogen (secondary N) is 1. The predicted octanol–water partition coefficient (Wildman–Crippen LogP) is 1.72. The molecule has 3 N–H and O–H groups in total.